The molecule has 41 heteroatoms. The van der Waals surface area contributed by atoms with Crippen molar-refractivity contribution in [1.82, 2.24) is 69.1 Å². The van der Waals surface area contributed by atoms with Crippen molar-refractivity contribution in [3.8, 4) is 0 Å². The minimum absolute atomic E-state index is 0.104. The summed E-state index contributed by atoms with van der Waals surface area (Å²) in [6.45, 7) is 3.85. The number of carboxylic acids is 3. The van der Waals surface area contributed by atoms with Gasteiger partial charge in [-0.15, -0.1) is 0 Å². The van der Waals surface area contributed by atoms with Gasteiger partial charge in [0, 0.05) is 25.5 Å². The third kappa shape index (κ3) is 35.8. The van der Waals surface area contributed by atoms with E-state index in [9.17, 15) is 112 Å². The van der Waals surface area contributed by atoms with Crippen molar-refractivity contribution in [2.24, 2.45) is 23.1 Å². The monoisotopic (exact) mass is 1390 g/mol. The fourth-order valence-corrected chi connectivity index (χ4v) is 8.99. The Morgan fingerprint density at radius 2 is 0.874 bits per heavy atom. The highest BCUT2D eigenvalue weighted by Crippen LogP contribution is 2.10. The lowest BCUT2D eigenvalue weighted by Crippen LogP contribution is -2.62. The van der Waals surface area contributed by atoms with Crippen molar-refractivity contribution in [2.45, 2.75) is 178 Å². The predicted molar refractivity (Wildman–Crippen MR) is 336 cm³/mol. The lowest BCUT2D eigenvalue weighted by Gasteiger charge is -2.28. The summed E-state index contributed by atoms with van der Waals surface area (Å²) in [6.07, 6.45) is -4.38. The zero-order valence-electron chi connectivity index (χ0n) is 53.2. The molecular formula is C54H90N16O23S2. The molecule has 15 amide bonds. The van der Waals surface area contributed by atoms with Crippen molar-refractivity contribution in [1.29, 1.82) is 0 Å². The Morgan fingerprint density at radius 1 is 0.463 bits per heavy atom. The van der Waals surface area contributed by atoms with Crippen molar-refractivity contribution in [2.75, 3.05) is 44.0 Å². The number of nitrogens with one attached hydrogen (secondary N) is 13. The second-order valence-corrected chi connectivity index (χ2v) is 23.2. The third-order valence-electron chi connectivity index (χ3n) is 13.2. The molecule has 0 aromatic heterocycles. The molecule has 0 bridgehead atoms. The quantitative estimate of drug-likeness (QED) is 0.0199. The number of carbonyl (C=O) groups is 18. The molecule has 0 aromatic rings. The number of nitrogens with two attached hydrogens (primary N) is 3. The summed E-state index contributed by atoms with van der Waals surface area (Å²) < 4.78 is 0. The number of thiol groups is 1. The highest BCUT2D eigenvalue weighted by Gasteiger charge is 2.37. The molecule has 0 aromatic carbocycles. The highest BCUT2D eigenvalue weighted by atomic mass is 32.2. The first-order valence-corrected chi connectivity index (χ1v) is 31.6. The number of aliphatic hydroxyl groups is 2. The maximum absolute atomic E-state index is 13.7. The number of thioether (sulfide) groups is 1. The third-order valence-corrected chi connectivity index (χ3v) is 14.2. The zero-order chi connectivity index (χ0) is 72.8. The van der Waals surface area contributed by atoms with E-state index in [4.69, 9.17) is 17.2 Å². The van der Waals surface area contributed by atoms with Crippen LogP contribution >= 0.6 is 24.4 Å². The van der Waals surface area contributed by atoms with Crippen molar-refractivity contribution in [3.05, 3.63) is 0 Å². The maximum Gasteiger partial charge on any atom is 0.305 e. The fourth-order valence-electron chi connectivity index (χ4n) is 8.26. The van der Waals surface area contributed by atoms with Crippen LogP contribution in [-0.2, 0) is 86.3 Å². The summed E-state index contributed by atoms with van der Waals surface area (Å²) in [4.78, 5) is 231. The number of unbranched alkanes of at least 4 members (excludes halogenated alkanes) is 1. The van der Waals surface area contributed by atoms with Gasteiger partial charge in [-0.3, -0.25) is 86.3 Å². The summed E-state index contributed by atoms with van der Waals surface area (Å²) in [5, 5.41) is 78.0. The summed E-state index contributed by atoms with van der Waals surface area (Å²) in [6, 6.07) is -18.0. The Morgan fingerprint density at radius 3 is 1.32 bits per heavy atom. The molecular weight excluding hydrogens is 1300 g/mol. The van der Waals surface area contributed by atoms with E-state index >= 15 is 0 Å². The molecule has 39 nitrogen and oxygen atoms in total. The van der Waals surface area contributed by atoms with Gasteiger partial charge in [-0.2, -0.15) is 24.4 Å². The highest BCUT2D eigenvalue weighted by molar-refractivity contribution is 7.98. The Balaban J connectivity index is 6.27. The van der Waals surface area contributed by atoms with E-state index < -0.39 is 243 Å². The zero-order valence-corrected chi connectivity index (χ0v) is 54.9. The molecule has 0 aliphatic rings. The van der Waals surface area contributed by atoms with Crippen molar-refractivity contribution in [3.63, 3.8) is 0 Å². The van der Waals surface area contributed by atoms with Crippen LogP contribution in [0.1, 0.15) is 105 Å². The molecule has 0 radical (unpaired) electrons. The van der Waals surface area contributed by atoms with Crippen LogP contribution in [0.5, 0.6) is 0 Å². The second-order valence-electron chi connectivity index (χ2n) is 21.8. The number of rotatable bonds is 48. The molecule has 24 N–H and O–H groups in total. The van der Waals surface area contributed by atoms with Crippen LogP contribution in [-0.4, -0.2) is 249 Å². The van der Waals surface area contributed by atoms with Crippen LogP contribution in [0.25, 0.3) is 0 Å². The van der Waals surface area contributed by atoms with E-state index in [0.717, 1.165) is 13.8 Å². The molecule has 12 atom stereocenters. The summed E-state index contributed by atoms with van der Waals surface area (Å²) >= 11 is 5.22. The Labute approximate surface area is 554 Å². The van der Waals surface area contributed by atoms with Gasteiger partial charge in [-0.1, -0.05) is 13.8 Å². The Bertz CT molecular complexity index is 2730. The number of primary amides is 2. The summed E-state index contributed by atoms with van der Waals surface area (Å²) in [5.41, 5.74) is 16.3. The number of aliphatic hydroxyl groups excluding tert-OH is 2. The molecule has 536 valence electrons. The molecule has 0 saturated heterocycles. The largest absolute Gasteiger partial charge is 0.481 e. The molecule has 0 spiro atoms. The van der Waals surface area contributed by atoms with Crippen LogP contribution in [0.15, 0.2) is 0 Å². The lowest BCUT2D eigenvalue weighted by molar-refractivity contribution is -0.141. The average molecular weight is 1400 g/mol. The first kappa shape index (κ1) is 86.0. The molecule has 0 aliphatic carbocycles. The van der Waals surface area contributed by atoms with Gasteiger partial charge in [0.1, 0.15) is 66.5 Å². The van der Waals surface area contributed by atoms with Crippen LogP contribution in [0.4, 0.5) is 0 Å². The molecule has 0 saturated carbocycles. The van der Waals surface area contributed by atoms with Gasteiger partial charge in [0.15, 0.2) is 0 Å². The van der Waals surface area contributed by atoms with Crippen molar-refractivity contribution >= 4 is 131 Å². The van der Waals surface area contributed by atoms with Crippen LogP contribution in [0.3, 0.4) is 0 Å². The molecule has 0 heterocycles. The number of amides is 15. The minimum Gasteiger partial charge on any atom is -0.481 e. The molecule has 95 heavy (non-hydrogen) atoms. The van der Waals surface area contributed by atoms with Gasteiger partial charge in [0.05, 0.1) is 38.6 Å². The van der Waals surface area contributed by atoms with Gasteiger partial charge in [0.25, 0.3) is 0 Å². The van der Waals surface area contributed by atoms with Crippen LogP contribution < -0.4 is 86.3 Å². The van der Waals surface area contributed by atoms with E-state index in [1.807, 2.05) is 0 Å². The van der Waals surface area contributed by atoms with E-state index in [1.165, 1.54) is 18.7 Å². The standard InChI is InChI=1S/C54H90N16O23S2/c1-24(2)17-32(44(57)83)66-48(87)30(11-13-41(79)80)65-53(92)36(23-94)62-39(76)21-59-47(86)34(19-42(81)82)68-49(88)31(14-16-95-6)61-38(75)20-58-46(85)29(10-12-40(77)78)64-52(91)35(22-71)69-54(93)43(26(4)72)70-50(89)28(9-7-8-15-55)63-51(90)33(18-37(56)74)67-45(84)25(3)60-27(5)73/h24-26,28-36,43,71-72,94H,7-23,55H2,1-6H3,(H2,56,74)(H2,57,83)(H,58,85)(H,59,86)(H,60,73)(H,61,75)(H,62,76)(H,63,90)(H,64,91)(H,65,92)(H,66,87)(H,67,84)(H,68,88)(H,69,93)(H,70,89)(H,77,78)(H,79,80)(H,81,82)/t25-,26+,28-,29-,30-,31-,32-,33-,34-,35-,36-,43-/m0/s1. The van der Waals surface area contributed by atoms with E-state index in [0.29, 0.717) is 6.42 Å². The second kappa shape index (κ2) is 45.4. The average Bonchev–Trinajstić information content (AvgIpc) is 0.898. The van der Waals surface area contributed by atoms with Crippen LogP contribution in [0, 0.1) is 5.92 Å². The molecule has 0 rings (SSSR count). The number of carbonyl (C=O) groups excluding carboxylic acids is 15. The van der Waals surface area contributed by atoms with Crippen LogP contribution in [0.2, 0.25) is 0 Å². The maximum atomic E-state index is 13.7. The van der Waals surface area contributed by atoms with Gasteiger partial charge in [-0.25, -0.2) is 0 Å². The molecule has 0 aliphatic heterocycles. The number of hydrogen-bond acceptors (Lipinski definition) is 23. The first-order valence-electron chi connectivity index (χ1n) is 29.6. The number of hydrogen-bond donors (Lipinski definition) is 22. The molecule has 0 fully saturated rings. The normalized spacial score (nSPS) is 14.7. The lowest BCUT2D eigenvalue weighted by atomic mass is 10.0. The molecule has 0 unspecified atom stereocenters. The fraction of sp³-hybridized carbons (Fsp3) is 0.667. The Hall–Kier alpha value is -8.96. The summed E-state index contributed by atoms with van der Waals surface area (Å²) in [5.74, 6) is -21.1. The van der Waals surface area contributed by atoms with Gasteiger partial charge in [0.2, 0.25) is 88.6 Å². The first-order chi connectivity index (χ1) is 44.4. The van der Waals surface area contributed by atoms with Crippen molar-refractivity contribution < 1.29 is 112 Å². The predicted octanol–water partition coefficient (Wildman–Crippen LogP) is -9.61. The minimum atomic E-state index is -2.01. The number of aliphatic carboxylic acids is 3. The Kier molecular flexibility index (Phi) is 41.1. The van der Waals surface area contributed by atoms with Gasteiger partial charge in [-0.05, 0) is 83.3 Å². The van der Waals surface area contributed by atoms with E-state index in [2.05, 4.69) is 81.7 Å². The number of carboxylic acid groups (broad SMARTS) is 3. The van der Waals surface area contributed by atoms with Gasteiger partial charge >= 0.3 is 17.9 Å². The van der Waals surface area contributed by atoms with Gasteiger partial charge < -0.3 is 112 Å². The smallest absolute Gasteiger partial charge is 0.305 e. The van der Waals surface area contributed by atoms with E-state index in [1.54, 1.807) is 20.1 Å². The summed E-state index contributed by atoms with van der Waals surface area (Å²) in [7, 11) is 0. The van der Waals surface area contributed by atoms with E-state index in [-0.39, 0.29) is 43.9 Å². The topological polar surface area (TPSA) is 643 Å². The SMILES string of the molecule is CSCC[C@H](NC(=O)CNC(=O)[C@H](CCC(=O)O)NC(=O)[C@H](CO)NC(=O)[C@@H](NC(=O)[C@H](CCCCN)NC(=O)[C@H](CC(N)=O)NC(=O)[C@H](C)NC(C)=O)[C@@H](C)O)C(=O)N[C@@H](CC(=O)O)C(=O)NCC(=O)N[C@@H](CS)C(=O)N[C@@H](CCC(=O)O)C(=O)N[C@@H](CC(C)C)C(N)=O.